The zero-order chi connectivity index (χ0) is 13.8. The van der Waals surface area contributed by atoms with Gasteiger partial charge in [0.25, 0.3) is 0 Å². The minimum Gasteiger partial charge on any atom is -0.496 e. The van der Waals surface area contributed by atoms with Gasteiger partial charge >= 0.3 is 0 Å². The molecule has 2 heterocycles. The van der Waals surface area contributed by atoms with E-state index in [-0.39, 0.29) is 0 Å². The number of para-hydroxylation sites is 1. The Morgan fingerprint density at radius 3 is 3.00 bits per heavy atom. The van der Waals surface area contributed by atoms with E-state index in [0.29, 0.717) is 6.04 Å². The first-order valence-corrected chi connectivity index (χ1v) is 7.98. The molecule has 1 aromatic rings. The molecule has 2 atom stereocenters. The van der Waals surface area contributed by atoms with Gasteiger partial charge in [-0.3, -0.25) is 4.90 Å². The van der Waals surface area contributed by atoms with Crippen molar-refractivity contribution in [3.8, 4) is 5.75 Å². The quantitative estimate of drug-likeness (QED) is 0.892. The molecule has 0 radical (unpaired) electrons. The molecule has 3 heteroatoms. The summed E-state index contributed by atoms with van der Waals surface area (Å²) in [5.41, 5.74) is 1.31. The molecule has 3 nitrogen and oxygen atoms in total. The Hall–Kier alpha value is -1.06. The van der Waals surface area contributed by atoms with Gasteiger partial charge in [0.15, 0.2) is 0 Å². The number of hydrogen-bond acceptors (Lipinski definition) is 3. The Morgan fingerprint density at radius 1 is 1.20 bits per heavy atom. The number of nitrogens with zero attached hydrogens (tertiary/aromatic N) is 1. The lowest BCUT2D eigenvalue weighted by Crippen LogP contribution is -2.45. The lowest BCUT2D eigenvalue weighted by molar-refractivity contribution is 0.181. The molecule has 2 unspecified atom stereocenters. The molecule has 1 N–H and O–H groups in total. The smallest absolute Gasteiger partial charge is 0.122 e. The number of fused-ring (bicyclic) bond motifs is 1. The van der Waals surface area contributed by atoms with E-state index in [0.717, 1.165) is 24.8 Å². The number of hydrogen-bond donors (Lipinski definition) is 1. The van der Waals surface area contributed by atoms with Crippen molar-refractivity contribution in [2.45, 2.75) is 44.2 Å². The highest BCUT2D eigenvalue weighted by atomic mass is 16.5. The van der Waals surface area contributed by atoms with Gasteiger partial charge in [-0.15, -0.1) is 0 Å². The highest BCUT2D eigenvalue weighted by Gasteiger charge is 2.34. The summed E-state index contributed by atoms with van der Waals surface area (Å²) < 4.78 is 5.42. The van der Waals surface area contributed by atoms with Gasteiger partial charge in [0.05, 0.1) is 7.11 Å². The summed E-state index contributed by atoms with van der Waals surface area (Å²) in [4.78, 5) is 2.68. The predicted molar refractivity (Wildman–Crippen MR) is 82.3 cm³/mol. The van der Waals surface area contributed by atoms with Crippen molar-refractivity contribution in [1.82, 2.24) is 10.2 Å². The summed E-state index contributed by atoms with van der Waals surface area (Å²) in [5, 5.41) is 3.78. The van der Waals surface area contributed by atoms with Crippen LogP contribution in [0.5, 0.6) is 5.75 Å². The van der Waals surface area contributed by atoms with Gasteiger partial charge in [0.1, 0.15) is 5.75 Å². The molecule has 0 bridgehead atoms. The van der Waals surface area contributed by atoms with Crippen LogP contribution < -0.4 is 10.1 Å². The van der Waals surface area contributed by atoms with Crippen LogP contribution in [0.15, 0.2) is 24.3 Å². The molecule has 110 valence electrons. The number of piperidine rings is 1. The normalized spacial score (nSPS) is 26.4. The molecule has 2 aliphatic rings. The van der Waals surface area contributed by atoms with E-state index < -0.39 is 0 Å². The Balaban J connectivity index is 1.50. The monoisotopic (exact) mass is 274 g/mol. The van der Waals surface area contributed by atoms with Gasteiger partial charge < -0.3 is 10.1 Å². The predicted octanol–water partition coefficient (Wildman–Crippen LogP) is 2.45. The summed E-state index contributed by atoms with van der Waals surface area (Å²) in [6.07, 6.45) is 6.55. The maximum atomic E-state index is 5.42. The second-order valence-electron chi connectivity index (χ2n) is 6.01. The molecular weight excluding hydrogens is 248 g/mol. The molecule has 1 aromatic carbocycles. The first-order chi connectivity index (χ1) is 9.88. The average molecular weight is 274 g/mol. The lowest BCUT2D eigenvalue weighted by Gasteiger charge is -2.32. The fourth-order valence-corrected chi connectivity index (χ4v) is 3.79. The zero-order valence-corrected chi connectivity index (χ0v) is 12.5. The van der Waals surface area contributed by atoms with Crippen molar-refractivity contribution in [1.29, 1.82) is 0 Å². The van der Waals surface area contributed by atoms with Gasteiger partial charge in [-0.05, 0) is 50.4 Å². The fraction of sp³-hybridized carbons (Fsp3) is 0.647. The number of nitrogens with one attached hydrogen (secondary N) is 1. The Kier molecular flexibility index (Phi) is 4.58. The highest BCUT2D eigenvalue weighted by Crippen LogP contribution is 2.27. The van der Waals surface area contributed by atoms with E-state index in [1.54, 1.807) is 7.11 Å². The van der Waals surface area contributed by atoms with Gasteiger partial charge in [-0.25, -0.2) is 0 Å². The van der Waals surface area contributed by atoms with E-state index in [1.807, 2.05) is 12.1 Å². The van der Waals surface area contributed by atoms with Crippen LogP contribution in [-0.2, 0) is 6.42 Å². The van der Waals surface area contributed by atoms with E-state index in [2.05, 4.69) is 22.3 Å². The molecule has 0 aliphatic carbocycles. The van der Waals surface area contributed by atoms with Crippen LogP contribution in [0.4, 0.5) is 0 Å². The standard InChI is InChI=1S/C17H26N2O/c1-20-17-8-3-2-6-14(17)9-11-18-15-10-13-19-12-5-4-7-16(15)19/h2-3,6,8,15-16,18H,4-5,7,9-13H2,1H3. The van der Waals surface area contributed by atoms with Crippen LogP contribution in [0.1, 0.15) is 31.2 Å². The molecule has 2 aliphatic heterocycles. The van der Waals surface area contributed by atoms with Crippen molar-refractivity contribution in [2.75, 3.05) is 26.7 Å². The topological polar surface area (TPSA) is 24.5 Å². The van der Waals surface area contributed by atoms with Crippen molar-refractivity contribution in [2.24, 2.45) is 0 Å². The number of methoxy groups -OCH3 is 1. The molecule has 20 heavy (non-hydrogen) atoms. The van der Waals surface area contributed by atoms with Crippen molar-refractivity contribution < 1.29 is 4.74 Å². The second-order valence-corrected chi connectivity index (χ2v) is 6.01. The van der Waals surface area contributed by atoms with Crippen molar-refractivity contribution in [3.63, 3.8) is 0 Å². The van der Waals surface area contributed by atoms with E-state index in [4.69, 9.17) is 4.74 Å². The van der Waals surface area contributed by atoms with Gasteiger partial charge in [-0.2, -0.15) is 0 Å². The molecule has 3 rings (SSSR count). The van der Waals surface area contributed by atoms with Crippen LogP contribution in [0.25, 0.3) is 0 Å². The molecule has 2 fully saturated rings. The van der Waals surface area contributed by atoms with Crippen LogP contribution >= 0.6 is 0 Å². The van der Waals surface area contributed by atoms with E-state index in [1.165, 1.54) is 44.3 Å². The lowest BCUT2D eigenvalue weighted by atomic mass is 9.99. The Labute approximate surface area is 122 Å². The third kappa shape index (κ3) is 2.99. The number of ether oxygens (including phenoxy) is 1. The fourth-order valence-electron chi connectivity index (χ4n) is 3.79. The summed E-state index contributed by atoms with van der Waals surface area (Å²) in [7, 11) is 1.75. The highest BCUT2D eigenvalue weighted by molar-refractivity contribution is 5.33. The molecular formula is C17H26N2O. The summed E-state index contributed by atoms with van der Waals surface area (Å²) >= 11 is 0. The van der Waals surface area contributed by atoms with Crippen LogP contribution in [0.2, 0.25) is 0 Å². The number of rotatable bonds is 5. The third-order valence-corrected chi connectivity index (χ3v) is 4.85. The summed E-state index contributed by atoms with van der Waals surface area (Å²) in [6, 6.07) is 9.84. The van der Waals surface area contributed by atoms with Gasteiger partial charge in [-0.1, -0.05) is 24.6 Å². The molecule has 0 spiro atoms. The molecule has 2 saturated heterocycles. The molecule has 0 amide bonds. The first-order valence-electron chi connectivity index (χ1n) is 7.98. The SMILES string of the molecule is COc1ccccc1CCNC1CCN2CCCCC12. The first kappa shape index (κ1) is 13.9. The van der Waals surface area contributed by atoms with Gasteiger partial charge in [0, 0.05) is 18.6 Å². The number of benzene rings is 1. The van der Waals surface area contributed by atoms with E-state index >= 15 is 0 Å². The maximum Gasteiger partial charge on any atom is 0.122 e. The van der Waals surface area contributed by atoms with Gasteiger partial charge in [0.2, 0.25) is 0 Å². The second kappa shape index (κ2) is 6.59. The maximum absolute atomic E-state index is 5.42. The van der Waals surface area contributed by atoms with Crippen molar-refractivity contribution >= 4 is 0 Å². The molecule has 0 aromatic heterocycles. The Morgan fingerprint density at radius 2 is 2.10 bits per heavy atom. The van der Waals surface area contributed by atoms with Crippen LogP contribution in [0, 0.1) is 0 Å². The van der Waals surface area contributed by atoms with E-state index in [9.17, 15) is 0 Å². The van der Waals surface area contributed by atoms with Crippen molar-refractivity contribution in [3.05, 3.63) is 29.8 Å². The van der Waals surface area contributed by atoms with Crippen LogP contribution in [-0.4, -0.2) is 43.7 Å². The average Bonchev–Trinajstić information content (AvgIpc) is 2.91. The molecule has 0 saturated carbocycles. The third-order valence-electron chi connectivity index (χ3n) is 4.85. The minimum absolute atomic E-state index is 0.699. The largest absolute Gasteiger partial charge is 0.496 e. The summed E-state index contributed by atoms with van der Waals surface area (Å²) in [6.45, 7) is 3.65. The van der Waals surface area contributed by atoms with Crippen LogP contribution in [0.3, 0.4) is 0 Å². The minimum atomic E-state index is 0.699. The summed E-state index contributed by atoms with van der Waals surface area (Å²) in [5.74, 6) is 1.01. The Bertz CT molecular complexity index is 435. The zero-order valence-electron chi connectivity index (χ0n) is 12.5.